The van der Waals surface area contributed by atoms with E-state index in [1.165, 1.54) is 0 Å². The minimum atomic E-state index is -0.906. The van der Waals surface area contributed by atoms with Crippen LogP contribution in [0.5, 0.6) is 5.75 Å². The molecule has 0 amide bonds. The molecule has 0 aliphatic rings. The van der Waals surface area contributed by atoms with Crippen molar-refractivity contribution in [1.29, 1.82) is 0 Å². The lowest BCUT2D eigenvalue weighted by atomic mass is 10.0. The van der Waals surface area contributed by atoms with Gasteiger partial charge in [0, 0.05) is 6.04 Å². The quantitative estimate of drug-likeness (QED) is 0.820. The van der Waals surface area contributed by atoms with Gasteiger partial charge in [0.2, 0.25) is 0 Å². The zero-order valence-corrected chi connectivity index (χ0v) is 12.8. The van der Waals surface area contributed by atoms with Crippen LogP contribution in [0.3, 0.4) is 0 Å². The van der Waals surface area contributed by atoms with Crippen molar-refractivity contribution in [3.63, 3.8) is 0 Å². The molecule has 0 saturated heterocycles. The van der Waals surface area contributed by atoms with Crippen molar-refractivity contribution >= 4 is 5.97 Å². The van der Waals surface area contributed by atoms with Crippen molar-refractivity contribution in [2.45, 2.75) is 25.9 Å². The van der Waals surface area contributed by atoms with Crippen LogP contribution in [0.15, 0.2) is 54.6 Å². The predicted molar refractivity (Wildman–Crippen MR) is 86.0 cm³/mol. The molecule has 0 saturated carbocycles. The molecule has 2 aromatic rings. The third-order valence-electron chi connectivity index (χ3n) is 3.47. The van der Waals surface area contributed by atoms with Gasteiger partial charge in [0.15, 0.2) is 0 Å². The fourth-order valence-electron chi connectivity index (χ4n) is 2.35. The molecule has 0 bridgehead atoms. The number of carboxylic acid groups (broad SMARTS) is 1. The summed E-state index contributed by atoms with van der Waals surface area (Å²) >= 11 is 0. The molecule has 0 heterocycles. The van der Waals surface area contributed by atoms with Gasteiger partial charge in [0.1, 0.15) is 11.8 Å². The monoisotopic (exact) mass is 299 g/mol. The molecule has 2 N–H and O–H groups in total. The van der Waals surface area contributed by atoms with E-state index < -0.39 is 12.0 Å². The summed E-state index contributed by atoms with van der Waals surface area (Å²) in [5.74, 6) is -0.225. The molecule has 2 atom stereocenters. The van der Waals surface area contributed by atoms with E-state index in [-0.39, 0.29) is 6.04 Å². The van der Waals surface area contributed by atoms with E-state index in [4.69, 9.17) is 4.74 Å². The Morgan fingerprint density at radius 3 is 2.45 bits per heavy atom. The second-order valence-corrected chi connectivity index (χ2v) is 5.08. The van der Waals surface area contributed by atoms with Crippen LogP contribution < -0.4 is 10.1 Å². The number of benzene rings is 2. The van der Waals surface area contributed by atoms with Gasteiger partial charge < -0.3 is 9.84 Å². The van der Waals surface area contributed by atoms with E-state index >= 15 is 0 Å². The Morgan fingerprint density at radius 1 is 1.14 bits per heavy atom. The molecule has 0 aliphatic heterocycles. The van der Waals surface area contributed by atoms with E-state index in [9.17, 15) is 9.90 Å². The van der Waals surface area contributed by atoms with Gasteiger partial charge in [-0.25, -0.2) is 0 Å². The van der Waals surface area contributed by atoms with Crippen LogP contribution in [0.1, 0.15) is 37.1 Å². The molecule has 0 radical (unpaired) electrons. The van der Waals surface area contributed by atoms with Crippen LogP contribution in [-0.2, 0) is 4.79 Å². The van der Waals surface area contributed by atoms with Crippen LogP contribution in [0, 0.1) is 0 Å². The Bertz CT molecular complexity index is 613. The maximum Gasteiger partial charge on any atom is 0.325 e. The lowest BCUT2D eigenvalue weighted by molar-refractivity contribution is -0.139. The molecule has 2 unspecified atom stereocenters. The van der Waals surface area contributed by atoms with Crippen molar-refractivity contribution in [2.75, 3.05) is 6.61 Å². The van der Waals surface area contributed by atoms with Crippen molar-refractivity contribution < 1.29 is 14.6 Å². The number of rotatable bonds is 7. The van der Waals surface area contributed by atoms with Gasteiger partial charge in [-0.2, -0.15) is 0 Å². The lowest BCUT2D eigenvalue weighted by Crippen LogP contribution is -2.30. The normalized spacial score (nSPS) is 13.4. The van der Waals surface area contributed by atoms with Crippen LogP contribution in [-0.4, -0.2) is 17.7 Å². The number of hydrogen-bond acceptors (Lipinski definition) is 3. The van der Waals surface area contributed by atoms with Gasteiger partial charge in [0.05, 0.1) is 6.61 Å². The predicted octanol–water partition coefficient (Wildman–Crippen LogP) is 3.56. The third-order valence-corrected chi connectivity index (χ3v) is 3.47. The van der Waals surface area contributed by atoms with E-state index in [1.54, 1.807) is 12.1 Å². The summed E-state index contributed by atoms with van der Waals surface area (Å²) < 4.78 is 5.45. The molecule has 0 aliphatic carbocycles. The van der Waals surface area contributed by atoms with Gasteiger partial charge in [-0.05, 0) is 37.1 Å². The number of ether oxygens (including phenoxy) is 1. The van der Waals surface area contributed by atoms with E-state index in [2.05, 4.69) is 5.32 Å². The van der Waals surface area contributed by atoms with Crippen molar-refractivity contribution in [2.24, 2.45) is 0 Å². The second-order valence-electron chi connectivity index (χ2n) is 5.08. The Morgan fingerprint density at radius 2 is 1.82 bits per heavy atom. The van der Waals surface area contributed by atoms with Crippen LogP contribution in [0.25, 0.3) is 0 Å². The van der Waals surface area contributed by atoms with Crippen molar-refractivity contribution in [3.8, 4) is 5.75 Å². The Labute approximate surface area is 130 Å². The number of carbonyl (C=O) groups is 1. The zero-order chi connectivity index (χ0) is 15.9. The van der Waals surface area contributed by atoms with Crippen LogP contribution in [0.2, 0.25) is 0 Å². The van der Waals surface area contributed by atoms with E-state index in [0.717, 1.165) is 5.56 Å². The fourth-order valence-corrected chi connectivity index (χ4v) is 2.35. The van der Waals surface area contributed by atoms with Gasteiger partial charge in [0.25, 0.3) is 0 Å². The van der Waals surface area contributed by atoms with E-state index in [1.807, 2.05) is 56.3 Å². The number of carboxylic acids is 1. The summed E-state index contributed by atoms with van der Waals surface area (Å²) in [6.07, 6.45) is 0. The van der Waals surface area contributed by atoms with Crippen LogP contribution in [0.4, 0.5) is 0 Å². The SMILES string of the molecule is CCOc1cccc(C(NC(C)c2ccccc2)C(=O)O)c1. The van der Waals surface area contributed by atoms with Crippen molar-refractivity contribution in [1.82, 2.24) is 5.32 Å². The highest BCUT2D eigenvalue weighted by Crippen LogP contribution is 2.23. The highest BCUT2D eigenvalue weighted by molar-refractivity contribution is 5.75. The number of nitrogens with one attached hydrogen (secondary N) is 1. The first kappa shape index (κ1) is 16.0. The molecule has 0 aromatic heterocycles. The smallest absolute Gasteiger partial charge is 0.325 e. The first-order valence-corrected chi connectivity index (χ1v) is 7.38. The fraction of sp³-hybridized carbons (Fsp3) is 0.278. The molecule has 4 nitrogen and oxygen atoms in total. The molecule has 2 rings (SSSR count). The topological polar surface area (TPSA) is 58.6 Å². The average molecular weight is 299 g/mol. The molecule has 0 spiro atoms. The maximum atomic E-state index is 11.6. The van der Waals surface area contributed by atoms with Gasteiger partial charge in [-0.15, -0.1) is 0 Å². The summed E-state index contributed by atoms with van der Waals surface area (Å²) in [5, 5.41) is 12.7. The Kier molecular flexibility index (Phi) is 5.55. The molecule has 0 fully saturated rings. The highest BCUT2D eigenvalue weighted by Gasteiger charge is 2.22. The zero-order valence-electron chi connectivity index (χ0n) is 12.8. The summed E-state index contributed by atoms with van der Waals surface area (Å²) in [5.41, 5.74) is 1.73. The molecule has 116 valence electrons. The standard InChI is InChI=1S/C18H21NO3/c1-3-22-16-11-7-10-15(12-16)17(18(20)21)19-13(2)14-8-5-4-6-9-14/h4-13,17,19H,3H2,1-2H3,(H,20,21). The molecular weight excluding hydrogens is 278 g/mol. The first-order chi connectivity index (χ1) is 10.6. The summed E-state index contributed by atoms with van der Waals surface area (Å²) in [6.45, 7) is 4.41. The third kappa shape index (κ3) is 4.09. The van der Waals surface area contributed by atoms with Gasteiger partial charge in [-0.1, -0.05) is 42.5 Å². The summed E-state index contributed by atoms with van der Waals surface area (Å²) in [4.78, 5) is 11.6. The lowest BCUT2D eigenvalue weighted by Gasteiger charge is -2.21. The van der Waals surface area contributed by atoms with Crippen LogP contribution >= 0.6 is 0 Å². The van der Waals surface area contributed by atoms with Gasteiger partial charge >= 0.3 is 5.97 Å². The number of hydrogen-bond donors (Lipinski definition) is 2. The van der Waals surface area contributed by atoms with E-state index in [0.29, 0.717) is 17.9 Å². The minimum absolute atomic E-state index is 0.0713. The molecule has 4 heteroatoms. The summed E-state index contributed by atoms with van der Waals surface area (Å²) in [7, 11) is 0. The average Bonchev–Trinajstić information content (AvgIpc) is 2.53. The second kappa shape index (κ2) is 7.61. The minimum Gasteiger partial charge on any atom is -0.494 e. The summed E-state index contributed by atoms with van der Waals surface area (Å²) in [6, 6.07) is 16.1. The maximum absolute atomic E-state index is 11.6. The Hall–Kier alpha value is -2.33. The number of aliphatic carboxylic acids is 1. The first-order valence-electron chi connectivity index (χ1n) is 7.38. The Balaban J connectivity index is 2.20. The van der Waals surface area contributed by atoms with Gasteiger partial charge in [-0.3, -0.25) is 10.1 Å². The highest BCUT2D eigenvalue weighted by atomic mass is 16.5. The molecular formula is C18H21NO3. The van der Waals surface area contributed by atoms with Crippen molar-refractivity contribution in [3.05, 3.63) is 65.7 Å². The largest absolute Gasteiger partial charge is 0.494 e. The molecule has 22 heavy (non-hydrogen) atoms. The molecule has 2 aromatic carbocycles.